The summed E-state index contributed by atoms with van der Waals surface area (Å²) in [5.74, 6) is 0.162. The molecule has 1 aliphatic heterocycles. The van der Waals surface area contributed by atoms with Gasteiger partial charge in [0.2, 0.25) is 0 Å². The molecule has 0 saturated carbocycles. The number of hydrogen-bond acceptors (Lipinski definition) is 5. The second-order valence-corrected chi connectivity index (χ2v) is 7.17. The molecule has 3 aromatic rings. The fourth-order valence-electron chi connectivity index (χ4n) is 3.40. The van der Waals surface area contributed by atoms with Gasteiger partial charge in [0.25, 0.3) is 11.8 Å². The lowest BCUT2D eigenvalue weighted by Crippen LogP contribution is -2.32. The van der Waals surface area contributed by atoms with Crippen LogP contribution in [0.15, 0.2) is 78.5 Å². The summed E-state index contributed by atoms with van der Waals surface area (Å²) in [7, 11) is 3.07. The van der Waals surface area contributed by atoms with Gasteiger partial charge in [-0.3, -0.25) is 9.59 Å². The van der Waals surface area contributed by atoms with E-state index in [1.165, 1.54) is 7.11 Å². The van der Waals surface area contributed by atoms with E-state index in [1.54, 1.807) is 67.8 Å². The molecular formula is C24H19ClN2O4. The number of nitrogens with zero attached hydrogens (tertiary/aromatic N) is 1. The molecule has 3 aromatic carbocycles. The van der Waals surface area contributed by atoms with Crippen LogP contribution in [-0.4, -0.2) is 26.0 Å². The van der Waals surface area contributed by atoms with Gasteiger partial charge >= 0.3 is 0 Å². The van der Waals surface area contributed by atoms with E-state index in [0.29, 0.717) is 33.5 Å². The maximum absolute atomic E-state index is 13.5. The Hall–Kier alpha value is -3.77. The molecule has 1 aliphatic rings. The third-order valence-electron chi connectivity index (χ3n) is 4.89. The van der Waals surface area contributed by atoms with E-state index in [-0.39, 0.29) is 11.3 Å². The minimum atomic E-state index is -0.478. The van der Waals surface area contributed by atoms with Crippen LogP contribution in [0.5, 0.6) is 11.5 Å². The normalized spacial score (nSPS) is 13.6. The highest BCUT2D eigenvalue weighted by Gasteiger charge is 2.40. The number of amides is 2. The zero-order valence-electron chi connectivity index (χ0n) is 16.9. The molecular weight excluding hydrogens is 416 g/mol. The predicted octanol–water partition coefficient (Wildman–Crippen LogP) is 4.75. The Kier molecular flexibility index (Phi) is 5.64. The predicted molar refractivity (Wildman–Crippen MR) is 120 cm³/mol. The molecule has 0 aliphatic carbocycles. The summed E-state index contributed by atoms with van der Waals surface area (Å²) in [4.78, 5) is 28.0. The summed E-state index contributed by atoms with van der Waals surface area (Å²) < 4.78 is 10.6. The third kappa shape index (κ3) is 3.85. The fraction of sp³-hybridized carbons (Fsp3) is 0.0833. The van der Waals surface area contributed by atoms with Gasteiger partial charge in [0, 0.05) is 11.1 Å². The molecule has 6 nitrogen and oxygen atoms in total. The number of ether oxygens (including phenoxy) is 2. The quantitative estimate of drug-likeness (QED) is 0.567. The molecule has 0 fully saturated rings. The zero-order chi connectivity index (χ0) is 22.0. The highest BCUT2D eigenvalue weighted by Crippen LogP contribution is 2.36. The van der Waals surface area contributed by atoms with Gasteiger partial charge in [-0.15, -0.1) is 0 Å². The van der Waals surface area contributed by atoms with E-state index < -0.39 is 11.8 Å². The molecule has 0 atom stereocenters. The van der Waals surface area contributed by atoms with Crippen LogP contribution in [0.4, 0.5) is 11.4 Å². The average Bonchev–Trinajstić information content (AvgIpc) is 3.04. The van der Waals surface area contributed by atoms with Crippen LogP contribution >= 0.6 is 11.6 Å². The summed E-state index contributed by atoms with van der Waals surface area (Å²) >= 11 is 6.02. The summed E-state index contributed by atoms with van der Waals surface area (Å²) in [6.07, 6.45) is 0. The SMILES string of the molecule is COc1cccc(N2C(=O)C(Nc3ccccc3OC)=C(c3ccc(Cl)cc3)C2=O)c1. The highest BCUT2D eigenvalue weighted by molar-refractivity contribution is 6.46. The summed E-state index contributed by atoms with van der Waals surface area (Å²) in [6.45, 7) is 0. The van der Waals surface area contributed by atoms with Crippen LogP contribution in [0.3, 0.4) is 0 Å². The Morgan fingerprint density at radius 2 is 1.58 bits per heavy atom. The monoisotopic (exact) mass is 434 g/mol. The first kappa shape index (κ1) is 20.5. The van der Waals surface area contributed by atoms with Gasteiger partial charge in [0.1, 0.15) is 17.2 Å². The van der Waals surface area contributed by atoms with Crippen LogP contribution in [0, 0.1) is 0 Å². The van der Waals surface area contributed by atoms with Crippen molar-refractivity contribution in [3.8, 4) is 11.5 Å². The second-order valence-electron chi connectivity index (χ2n) is 6.73. The van der Waals surface area contributed by atoms with Crippen molar-refractivity contribution in [2.75, 3.05) is 24.4 Å². The molecule has 2 amide bonds. The van der Waals surface area contributed by atoms with Crippen molar-refractivity contribution in [3.05, 3.63) is 89.1 Å². The standard InChI is InChI=1S/C24H19ClN2O4/c1-30-18-7-5-6-17(14-18)27-23(28)21(15-10-12-16(25)13-11-15)22(24(27)29)26-19-8-3-4-9-20(19)31-2/h3-14,26H,1-2H3. The number of nitrogens with one attached hydrogen (secondary N) is 1. The van der Waals surface area contributed by atoms with Gasteiger partial charge in [-0.2, -0.15) is 0 Å². The van der Waals surface area contributed by atoms with Crippen molar-refractivity contribution in [2.45, 2.75) is 0 Å². The molecule has 7 heteroatoms. The number of benzene rings is 3. The Morgan fingerprint density at radius 3 is 2.29 bits per heavy atom. The number of imide groups is 1. The molecule has 0 unspecified atom stereocenters. The molecule has 0 spiro atoms. The molecule has 1 N–H and O–H groups in total. The van der Waals surface area contributed by atoms with Crippen molar-refractivity contribution >= 4 is 40.4 Å². The minimum Gasteiger partial charge on any atom is -0.497 e. The maximum atomic E-state index is 13.5. The number of para-hydroxylation sites is 2. The number of rotatable bonds is 6. The molecule has 0 saturated heterocycles. The first-order valence-corrected chi connectivity index (χ1v) is 9.84. The topological polar surface area (TPSA) is 67.9 Å². The Bertz CT molecular complexity index is 1190. The maximum Gasteiger partial charge on any atom is 0.282 e. The van der Waals surface area contributed by atoms with Gasteiger partial charge in [0.05, 0.1) is 31.2 Å². The van der Waals surface area contributed by atoms with Gasteiger partial charge in [-0.25, -0.2) is 4.90 Å². The Labute approximate surface area is 184 Å². The van der Waals surface area contributed by atoms with E-state index >= 15 is 0 Å². The van der Waals surface area contributed by atoms with Crippen molar-refractivity contribution < 1.29 is 19.1 Å². The summed E-state index contributed by atoms with van der Waals surface area (Å²) in [6, 6.07) is 20.8. The number of halogens is 1. The van der Waals surface area contributed by atoms with Crippen LogP contribution in [0.1, 0.15) is 5.56 Å². The van der Waals surface area contributed by atoms with Gasteiger partial charge in [0.15, 0.2) is 0 Å². The largest absolute Gasteiger partial charge is 0.497 e. The van der Waals surface area contributed by atoms with Crippen LogP contribution in [-0.2, 0) is 9.59 Å². The summed E-state index contributed by atoms with van der Waals surface area (Å²) in [5.41, 5.74) is 1.96. The number of anilines is 2. The highest BCUT2D eigenvalue weighted by atomic mass is 35.5. The van der Waals surface area contributed by atoms with Gasteiger partial charge < -0.3 is 14.8 Å². The number of carbonyl (C=O) groups excluding carboxylic acids is 2. The number of carbonyl (C=O) groups is 2. The molecule has 156 valence electrons. The van der Waals surface area contributed by atoms with Crippen molar-refractivity contribution in [1.29, 1.82) is 0 Å². The Morgan fingerprint density at radius 1 is 0.839 bits per heavy atom. The third-order valence-corrected chi connectivity index (χ3v) is 5.15. The van der Waals surface area contributed by atoms with E-state index in [0.717, 1.165) is 4.90 Å². The minimum absolute atomic E-state index is 0.152. The van der Waals surface area contributed by atoms with Gasteiger partial charge in [-0.1, -0.05) is 41.9 Å². The molecule has 1 heterocycles. The van der Waals surface area contributed by atoms with Gasteiger partial charge in [-0.05, 0) is 42.0 Å². The lowest BCUT2D eigenvalue weighted by atomic mass is 10.0. The first-order chi connectivity index (χ1) is 15.0. The second kappa shape index (κ2) is 8.53. The van der Waals surface area contributed by atoms with Crippen molar-refractivity contribution in [1.82, 2.24) is 0 Å². The Balaban J connectivity index is 1.84. The van der Waals surface area contributed by atoms with Crippen LogP contribution in [0.2, 0.25) is 5.02 Å². The molecule has 0 aromatic heterocycles. The molecule has 0 bridgehead atoms. The summed E-state index contributed by atoms with van der Waals surface area (Å²) in [5, 5.41) is 3.64. The smallest absolute Gasteiger partial charge is 0.282 e. The number of hydrogen-bond donors (Lipinski definition) is 1. The van der Waals surface area contributed by atoms with Crippen LogP contribution in [0.25, 0.3) is 5.57 Å². The molecule has 4 rings (SSSR count). The van der Waals surface area contributed by atoms with Crippen LogP contribution < -0.4 is 19.7 Å². The van der Waals surface area contributed by atoms with E-state index in [4.69, 9.17) is 21.1 Å². The molecule has 0 radical (unpaired) electrons. The lowest BCUT2D eigenvalue weighted by Gasteiger charge is -2.16. The van der Waals surface area contributed by atoms with Crippen molar-refractivity contribution in [3.63, 3.8) is 0 Å². The van der Waals surface area contributed by atoms with E-state index in [1.807, 2.05) is 12.1 Å². The molecule has 31 heavy (non-hydrogen) atoms. The van der Waals surface area contributed by atoms with Crippen molar-refractivity contribution in [2.24, 2.45) is 0 Å². The van der Waals surface area contributed by atoms with E-state index in [2.05, 4.69) is 5.32 Å². The number of methoxy groups -OCH3 is 2. The lowest BCUT2D eigenvalue weighted by molar-refractivity contribution is -0.120. The first-order valence-electron chi connectivity index (χ1n) is 9.46. The van der Waals surface area contributed by atoms with E-state index in [9.17, 15) is 9.59 Å². The average molecular weight is 435 g/mol. The zero-order valence-corrected chi connectivity index (χ0v) is 17.6. The fourth-order valence-corrected chi connectivity index (χ4v) is 3.52.